The molecule has 0 radical (unpaired) electrons. The van der Waals surface area contributed by atoms with Crippen LogP contribution in [0.5, 0.6) is 0 Å². The summed E-state index contributed by atoms with van der Waals surface area (Å²) in [5.74, 6) is -0.654. The van der Waals surface area contributed by atoms with Crippen LogP contribution < -0.4 is 5.32 Å². The number of rotatable bonds is 9. The van der Waals surface area contributed by atoms with Crippen LogP contribution >= 0.6 is 11.8 Å². The summed E-state index contributed by atoms with van der Waals surface area (Å²) in [6, 6.07) is 19.0. The van der Waals surface area contributed by atoms with E-state index in [1.54, 1.807) is 30.0 Å². The number of carbonyl (C=O) groups is 3. The number of aliphatic hydroxyl groups is 2. The second kappa shape index (κ2) is 12.1. The van der Waals surface area contributed by atoms with Crippen LogP contribution in [-0.2, 0) is 20.8 Å². The van der Waals surface area contributed by atoms with Gasteiger partial charge in [-0.15, -0.1) is 0 Å². The van der Waals surface area contributed by atoms with Crippen molar-refractivity contribution in [2.24, 2.45) is 0 Å². The molecule has 3 atom stereocenters. The lowest BCUT2D eigenvalue weighted by Gasteiger charge is -2.36. The molecule has 39 heavy (non-hydrogen) atoms. The van der Waals surface area contributed by atoms with Crippen LogP contribution in [0.2, 0.25) is 0 Å². The number of thioether (sulfide) groups is 1. The smallest absolute Gasteiger partial charge is 0.346 e. The highest BCUT2D eigenvalue weighted by atomic mass is 32.2. The molecule has 3 N–H and O–H groups in total. The van der Waals surface area contributed by atoms with E-state index in [4.69, 9.17) is 9.47 Å². The van der Waals surface area contributed by atoms with Crippen LogP contribution in [0.4, 0.5) is 5.69 Å². The molecule has 2 aliphatic rings. The van der Waals surface area contributed by atoms with Crippen molar-refractivity contribution < 1.29 is 38.8 Å². The van der Waals surface area contributed by atoms with E-state index in [0.717, 1.165) is 11.1 Å². The van der Waals surface area contributed by atoms with E-state index in [0.29, 0.717) is 29.2 Å². The summed E-state index contributed by atoms with van der Waals surface area (Å²) >= 11 is 1.60. The number of nitrogens with one attached hydrogen (secondary N) is 1. The summed E-state index contributed by atoms with van der Waals surface area (Å²) in [5, 5.41) is 21.4. The van der Waals surface area contributed by atoms with E-state index >= 15 is 0 Å². The molecule has 5 rings (SSSR count). The number of hydrogen-bond acceptors (Lipinski definition) is 9. The van der Waals surface area contributed by atoms with Crippen molar-refractivity contribution >= 4 is 35.3 Å². The number of ether oxygens (including phenoxy) is 3. The average molecular weight is 550 g/mol. The summed E-state index contributed by atoms with van der Waals surface area (Å²) in [6.45, 7) is 0.0525. The van der Waals surface area contributed by atoms with Gasteiger partial charge in [0.15, 0.2) is 6.29 Å². The van der Waals surface area contributed by atoms with Gasteiger partial charge in [0.05, 0.1) is 36.5 Å². The average Bonchev–Trinajstić information content (AvgIpc) is 3.25. The third-order valence-electron chi connectivity index (χ3n) is 6.48. The van der Waals surface area contributed by atoms with Gasteiger partial charge in [0.1, 0.15) is 0 Å². The van der Waals surface area contributed by atoms with Crippen LogP contribution in [0.1, 0.15) is 66.6 Å². The Morgan fingerprint density at radius 3 is 2.49 bits per heavy atom. The largest absolute Gasteiger partial charge is 0.396 e. The van der Waals surface area contributed by atoms with E-state index < -0.39 is 24.1 Å². The Kier molecular flexibility index (Phi) is 8.39. The van der Waals surface area contributed by atoms with Crippen molar-refractivity contribution in [2.75, 3.05) is 23.4 Å². The van der Waals surface area contributed by atoms with E-state index in [2.05, 4.69) is 10.1 Å². The van der Waals surface area contributed by atoms with Gasteiger partial charge in [0, 0.05) is 34.7 Å². The summed E-state index contributed by atoms with van der Waals surface area (Å²) in [7, 11) is 0. The monoisotopic (exact) mass is 549 g/mol. The molecule has 9 nitrogen and oxygen atoms in total. The lowest BCUT2D eigenvalue weighted by Crippen LogP contribution is -2.31. The van der Waals surface area contributed by atoms with Crippen LogP contribution in [0.15, 0.2) is 66.7 Å². The molecule has 1 fully saturated rings. The lowest BCUT2D eigenvalue weighted by molar-refractivity contribution is -0.245. The van der Waals surface area contributed by atoms with Gasteiger partial charge >= 0.3 is 11.9 Å². The highest BCUT2D eigenvalue weighted by molar-refractivity contribution is 7.99. The van der Waals surface area contributed by atoms with E-state index in [9.17, 15) is 24.6 Å². The summed E-state index contributed by atoms with van der Waals surface area (Å²) < 4.78 is 17.2. The molecule has 1 unspecified atom stereocenters. The Hall–Kier alpha value is -3.54. The van der Waals surface area contributed by atoms with Gasteiger partial charge in [-0.05, 0) is 41.5 Å². The number of amides is 1. The number of anilines is 1. The Morgan fingerprint density at radius 2 is 1.72 bits per heavy atom. The van der Waals surface area contributed by atoms with E-state index in [-0.39, 0.29) is 42.1 Å². The molecule has 0 aromatic heterocycles. The molecule has 0 bridgehead atoms. The molecular formula is C29H27NO8S. The number of aliphatic hydroxyl groups excluding tert-OH is 2. The number of fused-ring (bicyclic) bond motifs is 1. The fourth-order valence-electron chi connectivity index (χ4n) is 4.49. The van der Waals surface area contributed by atoms with Gasteiger partial charge in [-0.25, -0.2) is 9.59 Å². The van der Waals surface area contributed by atoms with Gasteiger partial charge in [-0.2, -0.15) is 11.8 Å². The minimum absolute atomic E-state index is 0.0376. The second-order valence-electron chi connectivity index (χ2n) is 9.17. The van der Waals surface area contributed by atoms with Crippen LogP contribution in [0.3, 0.4) is 0 Å². The Morgan fingerprint density at radius 1 is 0.923 bits per heavy atom. The zero-order valence-electron chi connectivity index (χ0n) is 20.9. The lowest BCUT2D eigenvalue weighted by atomic mass is 10.0. The first kappa shape index (κ1) is 27.0. The first-order valence-electron chi connectivity index (χ1n) is 12.5. The van der Waals surface area contributed by atoms with Gasteiger partial charge in [0.25, 0.3) is 5.91 Å². The molecule has 0 aliphatic carbocycles. The summed E-state index contributed by atoms with van der Waals surface area (Å²) in [6.07, 6.45) is -0.440. The van der Waals surface area contributed by atoms with Gasteiger partial charge in [-0.3, -0.25) is 4.79 Å². The maximum absolute atomic E-state index is 12.9. The Balaban J connectivity index is 1.33. The zero-order valence-corrected chi connectivity index (χ0v) is 21.7. The van der Waals surface area contributed by atoms with Crippen molar-refractivity contribution in [1.29, 1.82) is 0 Å². The maximum atomic E-state index is 12.9. The standard InChI is InChI=1S/C29H27NO8S/c31-10-11-39-16-22-14-25(18-6-4-17(15-32)5-7-18)37-29(36-22)20-2-1-3-21(12-20)30-26(33)19-8-9-23-24(13-19)28(35)38-27(23)34/h1-9,12-13,22,25,29,31-32H,10-11,14-16H2,(H,30,33)/t22-,25+,29?/m0/s1. The molecule has 1 amide bonds. The predicted molar refractivity (Wildman–Crippen MR) is 143 cm³/mol. The third kappa shape index (κ3) is 6.21. The maximum Gasteiger partial charge on any atom is 0.346 e. The van der Waals surface area contributed by atoms with Crippen molar-refractivity contribution in [1.82, 2.24) is 0 Å². The summed E-state index contributed by atoms with van der Waals surface area (Å²) in [4.78, 5) is 36.5. The molecule has 202 valence electrons. The Labute approximate surface area is 229 Å². The minimum Gasteiger partial charge on any atom is -0.396 e. The molecule has 3 aromatic rings. The van der Waals surface area contributed by atoms with Gasteiger partial charge in [-0.1, -0.05) is 36.4 Å². The number of hydrogen-bond donors (Lipinski definition) is 3. The van der Waals surface area contributed by atoms with E-state index in [1.165, 1.54) is 18.2 Å². The van der Waals surface area contributed by atoms with Crippen LogP contribution in [0.25, 0.3) is 0 Å². The molecule has 3 aromatic carbocycles. The van der Waals surface area contributed by atoms with Crippen LogP contribution in [-0.4, -0.2) is 52.3 Å². The number of carbonyl (C=O) groups excluding carboxylic acids is 3. The summed E-state index contributed by atoms with van der Waals surface area (Å²) in [5.41, 5.74) is 3.41. The fourth-order valence-corrected chi connectivity index (χ4v) is 5.27. The zero-order chi connectivity index (χ0) is 27.4. The van der Waals surface area contributed by atoms with Gasteiger partial charge < -0.3 is 29.7 Å². The van der Waals surface area contributed by atoms with Crippen molar-refractivity contribution in [3.05, 3.63) is 100 Å². The molecule has 10 heteroatoms. The molecule has 0 saturated carbocycles. The first-order chi connectivity index (χ1) is 18.9. The molecule has 1 saturated heterocycles. The van der Waals surface area contributed by atoms with Crippen molar-refractivity contribution in [3.63, 3.8) is 0 Å². The van der Waals surface area contributed by atoms with Gasteiger partial charge in [0.2, 0.25) is 0 Å². The van der Waals surface area contributed by atoms with E-state index in [1.807, 2.05) is 30.3 Å². The predicted octanol–water partition coefficient (Wildman–Crippen LogP) is 4.01. The highest BCUT2D eigenvalue weighted by Gasteiger charge is 2.33. The molecule has 2 aliphatic heterocycles. The highest BCUT2D eigenvalue weighted by Crippen LogP contribution is 2.39. The molecular weight excluding hydrogens is 522 g/mol. The minimum atomic E-state index is -0.773. The normalized spacial score (nSPS) is 20.4. The fraction of sp³-hybridized carbons (Fsp3) is 0.276. The number of benzene rings is 3. The van der Waals surface area contributed by atoms with Crippen molar-refractivity contribution in [2.45, 2.75) is 31.5 Å². The topological polar surface area (TPSA) is 131 Å². The van der Waals surface area contributed by atoms with Crippen molar-refractivity contribution in [3.8, 4) is 0 Å². The first-order valence-corrected chi connectivity index (χ1v) is 13.6. The second-order valence-corrected chi connectivity index (χ2v) is 10.3. The Bertz CT molecular complexity index is 1380. The van der Waals surface area contributed by atoms with Crippen LogP contribution in [0, 0.1) is 0 Å². The third-order valence-corrected chi connectivity index (χ3v) is 7.56. The SMILES string of the molecule is O=C(Nc1cccc(C2O[C@H](CSCCO)C[C@H](c3ccc(CO)cc3)O2)c1)c1ccc2c(c1)C(=O)OC2=O. The number of esters is 2. The number of cyclic esters (lactones) is 2. The molecule has 0 spiro atoms. The molecule has 2 heterocycles. The quantitative estimate of drug-likeness (QED) is 0.206.